The summed E-state index contributed by atoms with van der Waals surface area (Å²) in [6.07, 6.45) is 6.71. The molecule has 8 heteroatoms. The SMILES string of the molecule is O=C(Nc1ccccc1)c1cnc(N2CCOCC2)nc1CCNC(=O)[C@H]1CC12CCC2. The van der Waals surface area contributed by atoms with Gasteiger partial charge in [-0.3, -0.25) is 9.59 Å². The summed E-state index contributed by atoms with van der Waals surface area (Å²) in [5.74, 6) is 0.664. The summed E-state index contributed by atoms with van der Waals surface area (Å²) >= 11 is 0. The van der Waals surface area contributed by atoms with Crippen molar-refractivity contribution >= 4 is 23.5 Å². The Morgan fingerprint density at radius 2 is 1.94 bits per heavy atom. The van der Waals surface area contributed by atoms with Crippen LogP contribution in [0.25, 0.3) is 0 Å². The molecule has 0 unspecified atom stereocenters. The number of nitrogens with zero attached hydrogens (tertiary/aromatic N) is 3. The van der Waals surface area contributed by atoms with Crippen LogP contribution in [-0.2, 0) is 16.0 Å². The third-order valence-corrected chi connectivity index (χ3v) is 6.94. The number of hydrogen-bond donors (Lipinski definition) is 2. The van der Waals surface area contributed by atoms with Gasteiger partial charge in [0.15, 0.2) is 0 Å². The highest BCUT2D eigenvalue weighted by Crippen LogP contribution is 2.65. The molecule has 2 aliphatic carbocycles. The first-order chi connectivity index (χ1) is 15.6. The molecule has 2 saturated carbocycles. The van der Waals surface area contributed by atoms with Crippen LogP contribution in [0.1, 0.15) is 41.7 Å². The number of benzene rings is 1. The Morgan fingerprint density at radius 1 is 1.16 bits per heavy atom. The van der Waals surface area contributed by atoms with Crippen molar-refractivity contribution < 1.29 is 14.3 Å². The average Bonchev–Trinajstić information content (AvgIpc) is 3.57. The van der Waals surface area contributed by atoms with Gasteiger partial charge in [0, 0.05) is 43.9 Å². The van der Waals surface area contributed by atoms with Crippen molar-refractivity contribution in [3.05, 3.63) is 47.8 Å². The monoisotopic (exact) mass is 435 g/mol. The number of carbonyl (C=O) groups excluding carboxylic acids is 2. The molecule has 32 heavy (non-hydrogen) atoms. The number of morpholine rings is 1. The zero-order valence-electron chi connectivity index (χ0n) is 18.2. The Morgan fingerprint density at radius 3 is 2.62 bits per heavy atom. The van der Waals surface area contributed by atoms with Crippen LogP contribution in [0, 0.1) is 11.3 Å². The fourth-order valence-electron chi connectivity index (χ4n) is 4.75. The number of amides is 2. The summed E-state index contributed by atoms with van der Waals surface area (Å²) in [4.78, 5) is 36.7. The number of nitrogens with one attached hydrogen (secondary N) is 2. The zero-order valence-corrected chi connectivity index (χ0v) is 18.2. The second-order valence-electron chi connectivity index (χ2n) is 8.96. The molecule has 168 valence electrons. The molecule has 2 N–H and O–H groups in total. The fraction of sp³-hybridized carbons (Fsp3) is 0.500. The predicted molar refractivity (Wildman–Crippen MR) is 121 cm³/mol. The van der Waals surface area contributed by atoms with Crippen LogP contribution < -0.4 is 15.5 Å². The molecule has 1 saturated heterocycles. The molecule has 5 rings (SSSR count). The number of ether oxygens (including phenoxy) is 1. The fourth-order valence-corrected chi connectivity index (χ4v) is 4.75. The van der Waals surface area contributed by atoms with Gasteiger partial charge in [-0.1, -0.05) is 24.6 Å². The van der Waals surface area contributed by atoms with E-state index in [0.29, 0.717) is 54.5 Å². The minimum absolute atomic E-state index is 0.141. The maximum atomic E-state index is 13.0. The maximum absolute atomic E-state index is 13.0. The number of para-hydroxylation sites is 1. The Balaban J connectivity index is 1.28. The molecular formula is C24H29N5O3. The molecule has 1 spiro atoms. The van der Waals surface area contributed by atoms with Crippen LogP contribution in [0.3, 0.4) is 0 Å². The molecule has 2 amide bonds. The van der Waals surface area contributed by atoms with Crippen molar-refractivity contribution in [3.63, 3.8) is 0 Å². The Kier molecular flexibility index (Phi) is 5.78. The Labute approximate surface area is 187 Å². The van der Waals surface area contributed by atoms with Crippen molar-refractivity contribution in [2.75, 3.05) is 43.1 Å². The van der Waals surface area contributed by atoms with Crippen LogP contribution in [0.4, 0.5) is 11.6 Å². The van der Waals surface area contributed by atoms with Crippen molar-refractivity contribution in [1.82, 2.24) is 15.3 Å². The van der Waals surface area contributed by atoms with Crippen molar-refractivity contribution in [2.45, 2.75) is 32.1 Å². The van der Waals surface area contributed by atoms with Gasteiger partial charge in [-0.05, 0) is 36.8 Å². The molecule has 1 atom stereocenters. The summed E-state index contributed by atoms with van der Waals surface area (Å²) in [5, 5.41) is 5.98. The van der Waals surface area contributed by atoms with Gasteiger partial charge in [-0.25, -0.2) is 9.97 Å². The molecule has 3 fully saturated rings. The van der Waals surface area contributed by atoms with Gasteiger partial charge < -0.3 is 20.3 Å². The van der Waals surface area contributed by atoms with Crippen LogP contribution in [0.5, 0.6) is 0 Å². The van der Waals surface area contributed by atoms with Gasteiger partial charge in [-0.15, -0.1) is 0 Å². The Bertz CT molecular complexity index is 986. The molecule has 0 radical (unpaired) electrons. The number of rotatable bonds is 7. The van der Waals surface area contributed by atoms with Gasteiger partial charge in [-0.2, -0.15) is 0 Å². The van der Waals surface area contributed by atoms with Crippen LogP contribution in [0.15, 0.2) is 36.5 Å². The number of hydrogen-bond acceptors (Lipinski definition) is 6. The minimum Gasteiger partial charge on any atom is -0.378 e. The second kappa shape index (κ2) is 8.86. The van der Waals surface area contributed by atoms with E-state index in [9.17, 15) is 9.59 Å². The smallest absolute Gasteiger partial charge is 0.259 e. The van der Waals surface area contributed by atoms with E-state index in [1.54, 1.807) is 6.20 Å². The van der Waals surface area contributed by atoms with Gasteiger partial charge >= 0.3 is 0 Å². The highest BCUT2D eigenvalue weighted by molar-refractivity contribution is 6.04. The number of aromatic nitrogens is 2. The average molecular weight is 436 g/mol. The van der Waals surface area contributed by atoms with Gasteiger partial charge in [0.25, 0.3) is 5.91 Å². The summed E-state index contributed by atoms with van der Waals surface area (Å²) < 4.78 is 5.42. The van der Waals surface area contributed by atoms with Gasteiger partial charge in [0.2, 0.25) is 11.9 Å². The van der Waals surface area contributed by atoms with E-state index in [1.807, 2.05) is 30.3 Å². The quantitative estimate of drug-likeness (QED) is 0.693. The van der Waals surface area contributed by atoms with Gasteiger partial charge in [0.05, 0.1) is 24.5 Å². The minimum atomic E-state index is -0.248. The first-order valence-corrected chi connectivity index (χ1v) is 11.5. The van der Waals surface area contributed by atoms with Crippen LogP contribution in [0.2, 0.25) is 0 Å². The molecule has 8 nitrogen and oxygen atoms in total. The standard InChI is InChI=1S/C24H29N5O3/c30-21(27-17-5-2-1-3-6-17)18-16-26-23(29-11-13-32-14-12-29)28-20(18)7-10-25-22(31)19-15-24(19)8-4-9-24/h1-3,5-6,16,19H,4,7-15H2,(H,25,31)(H,27,30)/t19-/m1/s1. The van der Waals surface area contributed by atoms with E-state index in [4.69, 9.17) is 9.72 Å². The lowest BCUT2D eigenvalue weighted by Gasteiger charge is -2.27. The molecule has 1 aromatic heterocycles. The molecule has 2 heterocycles. The predicted octanol–water partition coefficient (Wildman–Crippen LogP) is 2.41. The maximum Gasteiger partial charge on any atom is 0.259 e. The second-order valence-corrected chi connectivity index (χ2v) is 8.96. The molecule has 2 aromatic rings. The third-order valence-electron chi connectivity index (χ3n) is 6.94. The van der Waals surface area contributed by atoms with E-state index >= 15 is 0 Å². The van der Waals surface area contributed by atoms with Crippen molar-refractivity contribution in [1.29, 1.82) is 0 Å². The normalized spacial score (nSPS) is 21.0. The summed E-state index contributed by atoms with van der Waals surface area (Å²) in [7, 11) is 0. The Hall–Kier alpha value is -3.00. The topological polar surface area (TPSA) is 96.5 Å². The lowest BCUT2D eigenvalue weighted by molar-refractivity contribution is -0.123. The van der Waals surface area contributed by atoms with Crippen LogP contribution in [-0.4, -0.2) is 54.6 Å². The third kappa shape index (κ3) is 4.32. The summed E-state index contributed by atoms with van der Waals surface area (Å²) in [6, 6.07) is 9.32. The lowest BCUT2D eigenvalue weighted by Crippen LogP contribution is -2.38. The molecule has 3 aliphatic rings. The number of carbonyl (C=O) groups is 2. The number of anilines is 2. The molecular weight excluding hydrogens is 406 g/mol. The van der Waals surface area contributed by atoms with Crippen LogP contribution >= 0.6 is 0 Å². The highest BCUT2D eigenvalue weighted by Gasteiger charge is 2.60. The first kappa shape index (κ1) is 20.9. The van der Waals surface area contributed by atoms with E-state index in [1.165, 1.54) is 19.3 Å². The summed E-state index contributed by atoms with van der Waals surface area (Å²) in [6.45, 7) is 3.16. The lowest BCUT2D eigenvalue weighted by atomic mass is 9.80. The highest BCUT2D eigenvalue weighted by atomic mass is 16.5. The van der Waals surface area contributed by atoms with E-state index in [0.717, 1.165) is 19.5 Å². The van der Waals surface area contributed by atoms with Crippen molar-refractivity contribution in [2.24, 2.45) is 11.3 Å². The molecule has 1 aromatic carbocycles. The van der Waals surface area contributed by atoms with E-state index in [-0.39, 0.29) is 17.7 Å². The van der Waals surface area contributed by atoms with E-state index < -0.39 is 0 Å². The summed E-state index contributed by atoms with van der Waals surface area (Å²) in [5.41, 5.74) is 2.10. The molecule has 1 aliphatic heterocycles. The first-order valence-electron chi connectivity index (χ1n) is 11.5. The zero-order chi connectivity index (χ0) is 22.0. The largest absolute Gasteiger partial charge is 0.378 e. The molecule has 0 bridgehead atoms. The van der Waals surface area contributed by atoms with E-state index in [2.05, 4.69) is 20.5 Å². The van der Waals surface area contributed by atoms with Crippen molar-refractivity contribution in [3.8, 4) is 0 Å². The van der Waals surface area contributed by atoms with Gasteiger partial charge in [0.1, 0.15) is 0 Å².